The summed E-state index contributed by atoms with van der Waals surface area (Å²) in [6.07, 6.45) is 0. The topological polar surface area (TPSA) is 55.1 Å². The van der Waals surface area contributed by atoms with Crippen LogP contribution in [0.1, 0.15) is 5.82 Å². The minimum Gasteiger partial charge on any atom is -0.424 e. The van der Waals surface area contributed by atoms with Crippen LogP contribution >= 0.6 is 11.6 Å². The van der Waals surface area contributed by atoms with E-state index in [0.29, 0.717) is 15.6 Å². The van der Waals surface area contributed by atoms with Crippen molar-refractivity contribution in [2.45, 2.75) is 5.88 Å². The highest BCUT2D eigenvalue weighted by Crippen LogP contribution is 2.07. The van der Waals surface area contributed by atoms with Gasteiger partial charge in [-0.05, 0) is 12.1 Å². The Morgan fingerprint density at radius 3 is 2.86 bits per heavy atom. The zero-order valence-electron chi connectivity index (χ0n) is 7.14. The third kappa shape index (κ3) is 1.24. The SMILES string of the molecule is O=c1c2ccccc2nc(CCl)n1O. The van der Waals surface area contributed by atoms with Crippen LogP contribution in [-0.2, 0) is 5.88 Å². The van der Waals surface area contributed by atoms with E-state index < -0.39 is 5.56 Å². The second kappa shape index (κ2) is 3.31. The Bertz CT molecular complexity index is 536. The summed E-state index contributed by atoms with van der Waals surface area (Å²) >= 11 is 5.52. The Balaban J connectivity index is 2.92. The molecular weight excluding hydrogens is 204 g/mol. The molecule has 4 nitrogen and oxygen atoms in total. The number of alkyl halides is 1. The van der Waals surface area contributed by atoms with Crippen molar-refractivity contribution in [1.29, 1.82) is 0 Å². The zero-order chi connectivity index (χ0) is 10.1. The standard InChI is InChI=1S/C9H7ClN2O2/c10-5-8-11-7-4-2-1-3-6(7)9(13)12(8)14/h1-4,14H,5H2. The normalized spacial score (nSPS) is 10.6. The minimum atomic E-state index is -0.494. The van der Waals surface area contributed by atoms with Crippen molar-refractivity contribution < 1.29 is 5.21 Å². The average molecular weight is 211 g/mol. The van der Waals surface area contributed by atoms with Crippen LogP contribution in [0.15, 0.2) is 29.1 Å². The number of hydrogen-bond donors (Lipinski definition) is 1. The first-order chi connectivity index (χ1) is 6.74. The number of nitrogens with zero attached hydrogens (tertiary/aromatic N) is 2. The van der Waals surface area contributed by atoms with E-state index >= 15 is 0 Å². The van der Waals surface area contributed by atoms with Crippen molar-refractivity contribution in [1.82, 2.24) is 9.71 Å². The number of aromatic nitrogens is 2. The van der Waals surface area contributed by atoms with Gasteiger partial charge in [-0.15, -0.1) is 16.3 Å². The zero-order valence-corrected chi connectivity index (χ0v) is 7.90. The van der Waals surface area contributed by atoms with Crippen LogP contribution in [0.2, 0.25) is 0 Å². The monoisotopic (exact) mass is 210 g/mol. The summed E-state index contributed by atoms with van der Waals surface area (Å²) < 4.78 is 0.481. The Morgan fingerprint density at radius 2 is 2.14 bits per heavy atom. The molecule has 1 aromatic heterocycles. The molecule has 0 radical (unpaired) electrons. The van der Waals surface area contributed by atoms with Gasteiger partial charge >= 0.3 is 0 Å². The Morgan fingerprint density at radius 1 is 1.43 bits per heavy atom. The van der Waals surface area contributed by atoms with E-state index in [-0.39, 0.29) is 11.7 Å². The summed E-state index contributed by atoms with van der Waals surface area (Å²) in [6.45, 7) is 0. The molecule has 1 N–H and O–H groups in total. The summed E-state index contributed by atoms with van der Waals surface area (Å²) in [6, 6.07) is 6.79. The fourth-order valence-electron chi connectivity index (χ4n) is 1.26. The van der Waals surface area contributed by atoms with Gasteiger partial charge in [0, 0.05) is 0 Å². The van der Waals surface area contributed by atoms with Crippen LogP contribution in [0.25, 0.3) is 10.9 Å². The molecule has 0 atom stereocenters. The minimum absolute atomic E-state index is 0.00340. The molecular formula is C9H7ClN2O2. The van der Waals surface area contributed by atoms with E-state index in [0.717, 1.165) is 0 Å². The Hall–Kier alpha value is -1.55. The van der Waals surface area contributed by atoms with Gasteiger partial charge in [0.2, 0.25) is 0 Å². The molecule has 2 rings (SSSR count). The summed E-state index contributed by atoms with van der Waals surface area (Å²) in [5, 5.41) is 9.73. The number of halogens is 1. The van der Waals surface area contributed by atoms with Gasteiger partial charge in [-0.3, -0.25) is 4.79 Å². The molecule has 1 aromatic carbocycles. The van der Waals surface area contributed by atoms with Gasteiger partial charge in [0.25, 0.3) is 5.56 Å². The van der Waals surface area contributed by atoms with E-state index in [1.807, 2.05) is 0 Å². The van der Waals surface area contributed by atoms with Gasteiger partial charge in [-0.2, -0.15) is 0 Å². The molecule has 0 fully saturated rings. The fourth-order valence-corrected chi connectivity index (χ4v) is 1.43. The van der Waals surface area contributed by atoms with Gasteiger partial charge in [0.05, 0.1) is 16.8 Å². The van der Waals surface area contributed by atoms with E-state index in [2.05, 4.69) is 4.98 Å². The van der Waals surface area contributed by atoms with Crippen LogP contribution in [0.3, 0.4) is 0 Å². The third-order valence-corrected chi connectivity index (χ3v) is 2.18. The first-order valence-electron chi connectivity index (χ1n) is 4.00. The largest absolute Gasteiger partial charge is 0.424 e. The molecule has 0 saturated carbocycles. The lowest BCUT2D eigenvalue weighted by Crippen LogP contribution is -2.22. The number of para-hydroxylation sites is 1. The van der Waals surface area contributed by atoms with E-state index in [9.17, 15) is 10.0 Å². The van der Waals surface area contributed by atoms with Gasteiger partial charge in [-0.25, -0.2) is 4.98 Å². The predicted octanol–water partition coefficient (Wildman–Crippen LogP) is 1.37. The third-order valence-electron chi connectivity index (χ3n) is 1.94. The lowest BCUT2D eigenvalue weighted by Gasteiger charge is -2.03. The maximum Gasteiger partial charge on any atom is 0.294 e. The molecule has 1 heterocycles. The highest BCUT2D eigenvalue weighted by atomic mass is 35.5. The molecule has 0 unspecified atom stereocenters. The molecule has 0 aliphatic carbocycles. The van der Waals surface area contributed by atoms with Crippen molar-refractivity contribution in [3.05, 3.63) is 40.4 Å². The highest BCUT2D eigenvalue weighted by molar-refractivity contribution is 6.16. The second-order valence-electron chi connectivity index (χ2n) is 2.80. The lowest BCUT2D eigenvalue weighted by atomic mass is 10.2. The second-order valence-corrected chi connectivity index (χ2v) is 3.06. The fraction of sp³-hybridized carbons (Fsp3) is 0.111. The number of benzene rings is 1. The maximum absolute atomic E-state index is 11.5. The van der Waals surface area contributed by atoms with Crippen LogP contribution in [0.5, 0.6) is 0 Å². The van der Waals surface area contributed by atoms with Crippen molar-refractivity contribution in [3.8, 4) is 0 Å². The van der Waals surface area contributed by atoms with Crippen molar-refractivity contribution in [2.24, 2.45) is 0 Å². The quantitative estimate of drug-likeness (QED) is 0.571. The summed E-state index contributed by atoms with van der Waals surface area (Å²) in [4.78, 5) is 15.6. The first kappa shape index (κ1) is 9.02. The molecule has 0 spiro atoms. The van der Waals surface area contributed by atoms with E-state index in [1.165, 1.54) is 0 Å². The van der Waals surface area contributed by atoms with Crippen molar-refractivity contribution >= 4 is 22.5 Å². The molecule has 0 aliphatic heterocycles. The predicted molar refractivity (Wildman–Crippen MR) is 52.7 cm³/mol. The van der Waals surface area contributed by atoms with Crippen molar-refractivity contribution in [2.75, 3.05) is 0 Å². The molecule has 72 valence electrons. The van der Waals surface area contributed by atoms with Crippen LogP contribution in [0, 0.1) is 0 Å². The average Bonchev–Trinajstić information content (AvgIpc) is 2.23. The van der Waals surface area contributed by atoms with Gasteiger partial charge in [0.15, 0.2) is 5.82 Å². The van der Waals surface area contributed by atoms with Crippen LogP contribution in [-0.4, -0.2) is 14.9 Å². The Kier molecular flexibility index (Phi) is 2.13. The highest BCUT2D eigenvalue weighted by Gasteiger charge is 2.07. The van der Waals surface area contributed by atoms with Crippen molar-refractivity contribution in [3.63, 3.8) is 0 Å². The molecule has 0 saturated heterocycles. The number of hydrogen-bond acceptors (Lipinski definition) is 3. The molecule has 14 heavy (non-hydrogen) atoms. The smallest absolute Gasteiger partial charge is 0.294 e. The van der Waals surface area contributed by atoms with Gasteiger partial charge in [0.1, 0.15) is 0 Å². The molecule has 2 aromatic rings. The molecule has 0 bridgehead atoms. The molecule has 5 heteroatoms. The van der Waals surface area contributed by atoms with Crippen LogP contribution in [0.4, 0.5) is 0 Å². The maximum atomic E-state index is 11.5. The van der Waals surface area contributed by atoms with Gasteiger partial charge in [-0.1, -0.05) is 12.1 Å². The van der Waals surface area contributed by atoms with Crippen LogP contribution < -0.4 is 5.56 Å². The van der Waals surface area contributed by atoms with E-state index in [1.54, 1.807) is 24.3 Å². The molecule has 0 aliphatic rings. The first-order valence-corrected chi connectivity index (χ1v) is 4.53. The Labute approximate surface area is 84.3 Å². The molecule has 0 amide bonds. The summed E-state index contributed by atoms with van der Waals surface area (Å²) in [5.74, 6) is 0.145. The number of fused-ring (bicyclic) bond motifs is 1. The van der Waals surface area contributed by atoms with E-state index in [4.69, 9.17) is 11.6 Å². The summed E-state index contributed by atoms with van der Waals surface area (Å²) in [7, 11) is 0. The summed E-state index contributed by atoms with van der Waals surface area (Å²) in [5.41, 5.74) is 0.0460. The lowest BCUT2D eigenvalue weighted by molar-refractivity contribution is 0.165. The number of rotatable bonds is 1. The van der Waals surface area contributed by atoms with Gasteiger partial charge < -0.3 is 5.21 Å².